The third-order valence-corrected chi connectivity index (χ3v) is 5.59. The van der Waals surface area contributed by atoms with Crippen molar-refractivity contribution in [1.29, 1.82) is 0 Å². The minimum absolute atomic E-state index is 0.0805. The maximum atomic E-state index is 13.2. The van der Waals surface area contributed by atoms with Gasteiger partial charge in [0.2, 0.25) is 5.91 Å². The average Bonchev–Trinajstić information content (AvgIpc) is 2.77. The predicted molar refractivity (Wildman–Crippen MR) is 129 cm³/mol. The second-order valence-corrected chi connectivity index (χ2v) is 8.53. The summed E-state index contributed by atoms with van der Waals surface area (Å²) in [5.41, 5.74) is 3.76. The summed E-state index contributed by atoms with van der Waals surface area (Å²) in [6, 6.07) is 23.0. The van der Waals surface area contributed by atoms with Crippen LogP contribution < -0.4 is 15.0 Å². The molecule has 0 unspecified atom stereocenters. The average molecular weight is 491 g/mol. The lowest BCUT2D eigenvalue weighted by Crippen LogP contribution is -2.44. The van der Waals surface area contributed by atoms with Crippen LogP contribution in [-0.2, 0) is 16.0 Å². The van der Waals surface area contributed by atoms with E-state index >= 15 is 0 Å². The molecule has 32 heavy (non-hydrogen) atoms. The number of nitrogens with one attached hydrogen (secondary N) is 1. The highest BCUT2D eigenvalue weighted by molar-refractivity contribution is 9.10. The number of anilines is 1. The van der Waals surface area contributed by atoms with Crippen LogP contribution in [0.2, 0.25) is 0 Å². The van der Waals surface area contributed by atoms with Gasteiger partial charge in [0, 0.05) is 11.0 Å². The molecule has 6 heteroatoms. The second kappa shape index (κ2) is 9.83. The lowest BCUT2D eigenvalue weighted by atomic mass is 10.1. The molecule has 3 aromatic carbocycles. The number of para-hydroxylation sites is 2. The molecule has 1 aliphatic rings. The van der Waals surface area contributed by atoms with Crippen LogP contribution in [0.3, 0.4) is 0 Å². The fraction of sp³-hybridized carbons (Fsp3) is 0.154. The summed E-state index contributed by atoms with van der Waals surface area (Å²) in [5, 5.41) is 2.92. The van der Waals surface area contributed by atoms with Gasteiger partial charge in [0.25, 0.3) is 5.91 Å². The Balaban J connectivity index is 1.48. The molecule has 4 rings (SSSR count). The zero-order chi connectivity index (χ0) is 22.5. The van der Waals surface area contributed by atoms with Gasteiger partial charge in [-0.05, 0) is 54.8 Å². The monoisotopic (exact) mass is 490 g/mol. The summed E-state index contributed by atoms with van der Waals surface area (Å²) in [6.07, 6.45) is 2.42. The molecule has 0 spiro atoms. The van der Waals surface area contributed by atoms with Crippen molar-refractivity contribution in [3.05, 3.63) is 99.7 Å². The van der Waals surface area contributed by atoms with Crippen molar-refractivity contribution in [1.82, 2.24) is 5.32 Å². The number of ether oxygens (including phenoxy) is 1. The minimum Gasteiger partial charge on any atom is -0.449 e. The van der Waals surface area contributed by atoms with Gasteiger partial charge in [0.1, 0.15) is 6.54 Å². The van der Waals surface area contributed by atoms with Crippen molar-refractivity contribution in [3.63, 3.8) is 0 Å². The molecule has 0 atom stereocenters. The van der Waals surface area contributed by atoms with E-state index in [1.54, 1.807) is 18.2 Å². The Bertz CT molecular complexity index is 1190. The minimum atomic E-state index is -0.350. The van der Waals surface area contributed by atoms with E-state index in [-0.39, 0.29) is 24.1 Å². The molecule has 0 saturated carbocycles. The van der Waals surface area contributed by atoms with Crippen molar-refractivity contribution < 1.29 is 14.3 Å². The molecule has 5 nitrogen and oxygen atoms in total. The van der Waals surface area contributed by atoms with E-state index in [0.717, 1.165) is 22.0 Å². The molecule has 3 aromatic rings. The Morgan fingerprint density at radius 3 is 2.69 bits per heavy atom. The topological polar surface area (TPSA) is 58.6 Å². The molecule has 0 fully saturated rings. The van der Waals surface area contributed by atoms with Crippen LogP contribution in [0, 0.1) is 6.92 Å². The van der Waals surface area contributed by atoms with Crippen LogP contribution in [0.1, 0.15) is 16.7 Å². The molecule has 0 bridgehead atoms. The fourth-order valence-corrected chi connectivity index (χ4v) is 4.00. The third-order valence-electron chi connectivity index (χ3n) is 5.10. The molecule has 0 aliphatic carbocycles. The quantitative estimate of drug-likeness (QED) is 0.500. The zero-order valence-corrected chi connectivity index (χ0v) is 19.3. The third kappa shape index (κ3) is 5.26. The normalized spacial score (nSPS) is 14.1. The summed E-state index contributed by atoms with van der Waals surface area (Å²) in [6.45, 7) is 2.47. The number of carbonyl (C=O) groups is 2. The maximum Gasteiger partial charge on any atom is 0.294 e. The number of benzene rings is 3. The van der Waals surface area contributed by atoms with Gasteiger partial charge in [-0.3, -0.25) is 14.5 Å². The van der Waals surface area contributed by atoms with E-state index in [2.05, 4.69) is 27.3 Å². The van der Waals surface area contributed by atoms with Crippen LogP contribution in [0.15, 0.2) is 83.0 Å². The Morgan fingerprint density at radius 1 is 1.06 bits per heavy atom. The van der Waals surface area contributed by atoms with Crippen LogP contribution >= 0.6 is 15.9 Å². The molecule has 2 amide bonds. The van der Waals surface area contributed by atoms with Gasteiger partial charge in [0.15, 0.2) is 11.5 Å². The molecule has 162 valence electrons. The lowest BCUT2D eigenvalue weighted by molar-refractivity contribution is -0.123. The van der Waals surface area contributed by atoms with Crippen LogP contribution in [-0.4, -0.2) is 24.9 Å². The first-order valence-corrected chi connectivity index (χ1v) is 11.2. The zero-order valence-electron chi connectivity index (χ0n) is 17.7. The Hall–Kier alpha value is -3.38. The number of hydrogen-bond acceptors (Lipinski definition) is 3. The standard InChI is InChI=1S/C26H23BrN2O3/c1-18-6-4-7-19(14-18)12-13-28-25(30)17-29-22-10-2-3-11-23(22)32-24(26(29)31)16-20-8-5-9-21(27)15-20/h2-11,14-16H,12-13,17H2,1H3,(H,28,30)/b24-16+. The largest absolute Gasteiger partial charge is 0.449 e. The maximum absolute atomic E-state index is 13.2. The van der Waals surface area contributed by atoms with Crippen molar-refractivity contribution in [3.8, 4) is 5.75 Å². The summed E-state index contributed by atoms with van der Waals surface area (Å²) < 4.78 is 6.78. The van der Waals surface area contributed by atoms with E-state index in [4.69, 9.17) is 4.74 Å². The van der Waals surface area contributed by atoms with Gasteiger partial charge < -0.3 is 10.1 Å². The summed E-state index contributed by atoms with van der Waals surface area (Å²) in [4.78, 5) is 27.3. The number of rotatable bonds is 6. The molecule has 1 aliphatic heterocycles. The first kappa shape index (κ1) is 21.8. The van der Waals surface area contributed by atoms with Gasteiger partial charge in [-0.15, -0.1) is 0 Å². The molecule has 0 aromatic heterocycles. The molecule has 0 saturated heterocycles. The van der Waals surface area contributed by atoms with Gasteiger partial charge in [-0.2, -0.15) is 0 Å². The van der Waals surface area contributed by atoms with Gasteiger partial charge >= 0.3 is 0 Å². The van der Waals surface area contributed by atoms with Crippen molar-refractivity contribution in [2.24, 2.45) is 0 Å². The van der Waals surface area contributed by atoms with Crippen molar-refractivity contribution in [2.75, 3.05) is 18.0 Å². The lowest BCUT2D eigenvalue weighted by Gasteiger charge is -2.30. The second-order valence-electron chi connectivity index (χ2n) is 7.61. The number of hydrogen-bond donors (Lipinski definition) is 1. The van der Waals surface area contributed by atoms with Crippen molar-refractivity contribution in [2.45, 2.75) is 13.3 Å². The number of carbonyl (C=O) groups excluding carboxylic acids is 2. The van der Waals surface area contributed by atoms with Gasteiger partial charge in [-0.1, -0.05) is 70.0 Å². The SMILES string of the molecule is Cc1cccc(CCNC(=O)CN2C(=O)/C(=C\c3cccc(Br)c3)Oc3ccccc32)c1. The smallest absolute Gasteiger partial charge is 0.294 e. The summed E-state index contributed by atoms with van der Waals surface area (Å²) in [5.74, 6) is 0.150. The van der Waals surface area contributed by atoms with Crippen LogP contribution in [0.25, 0.3) is 6.08 Å². The first-order chi connectivity index (χ1) is 15.5. The van der Waals surface area contributed by atoms with E-state index in [0.29, 0.717) is 18.0 Å². The summed E-state index contributed by atoms with van der Waals surface area (Å²) >= 11 is 3.44. The highest BCUT2D eigenvalue weighted by atomic mass is 79.9. The highest BCUT2D eigenvalue weighted by Gasteiger charge is 2.31. The van der Waals surface area contributed by atoms with Crippen molar-refractivity contribution >= 4 is 39.5 Å². The number of fused-ring (bicyclic) bond motifs is 1. The first-order valence-electron chi connectivity index (χ1n) is 10.4. The molecule has 1 N–H and O–H groups in total. The van der Waals surface area contributed by atoms with E-state index in [1.165, 1.54) is 10.5 Å². The van der Waals surface area contributed by atoms with E-state index in [1.807, 2.05) is 61.5 Å². The van der Waals surface area contributed by atoms with E-state index < -0.39 is 0 Å². The molecular weight excluding hydrogens is 468 g/mol. The molecule has 1 heterocycles. The molecule has 0 radical (unpaired) electrons. The Kier molecular flexibility index (Phi) is 6.71. The number of halogens is 1. The van der Waals surface area contributed by atoms with Gasteiger partial charge in [-0.25, -0.2) is 0 Å². The van der Waals surface area contributed by atoms with Gasteiger partial charge in [0.05, 0.1) is 5.69 Å². The molecular formula is C26H23BrN2O3. The fourth-order valence-electron chi connectivity index (χ4n) is 3.58. The van der Waals surface area contributed by atoms with Crippen LogP contribution in [0.5, 0.6) is 5.75 Å². The Morgan fingerprint density at radius 2 is 1.88 bits per heavy atom. The highest BCUT2D eigenvalue weighted by Crippen LogP contribution is 2.35. The predicted octanol–water partition coefficient (Wildman–Crippen LogP) is 4.88. The van der Waals surface area contributed by atoms with E-state index in [9.17, 15) is 9.59 Å². The summed E-state index contributed by atoms with van der Waals surface area (Å²) in [7, 11) is 0. The number of nitrogens with zero attached hydrogens (tertiary/aromatic N) is 1. The number of amides is 2. The number of aryl methyl sites for hydroxylation is 1. The Labute approximate surface area is 195 Å². The van der Waals surface area contributed by atoms with Crippen LogP contribution in [0.4, 0.5) is 5.69 Å².